The number of likely N-dealkylation sites (N-methyl/N-ethyl adjacent to an activating group) is 1. The fourth-order valence-corrected chi connectivity index (χ4v) is 4.45. The highest BCUT2D eigenvalue weighted by Crippen LogP contribution is 2.26. The first-order valence-electron chi connectivity index (χ1n) is 11.8. The van der Waals surface area contributed by atoms with Gasteiger partial charge in [0.25, 0.3) is 11.3 Å². The van der Waals surface area contributed by atoms with Crippen molar-refractivity contribution in [3.63, 3.8) is 0 Å². The van der Waals surface area contributed by atoms with E-state index in [9.17, 15) is 18.4 Å². The number of hydrogen-bond acceptors (Lipinski definition) is 5. The maximum Gasteiger partial charge on any atom is 0.305 e. The molecule has 0 aliphatic rings. The molecule has 0 fully saturated rings. The number of benzene rings is 3. The SMILES string of the molecule is COC(=O)CCc1ccc(Oc2ccc(CC(C(=O)N(C)C)N(c3ccc(C)cc3)S(=O)O)cc2)cc1. The number of nitrogens with zero attached hydrogens (tertiary/aromatic N) is 2. The predicted octanol–water partition coefficient (Wildman–Crippen LogP) is 4.54. The van der Waals surface area contributed by atoms with Crippen LogP contribution < -0.4 is 9.04 Å². The van der Waals surface area contributed by atoms with Crippen LogP contribution in [-0.2, 0) is 38.4 Å². The minimum atomic E-state index is -2.40. The van der Waals surface area contributed by atoms with Gasteiger partial charge in [0.1, 0.15) is 17.5 Å². The summed E-state index contributed by atoms with van der Waals surface area (Å²) in [6.45, 7) is 1.93. The molecule has 0 aliphatic carbocycles. The number of carbonyl (C=O) groups is 2. The van der Waals surface area contributed by atoms with Crippen LogP contribution in [0.1, 0.15) is 23.1 Å². The number of anilines is 1. The molecule has 0 saturated heterocycles. The third-order valence-electron chi connectivity index (χ3n) is 5.82. The molecule has 196 valence electrons. The van der Waals surface area contributed by atoms with Gasteiger partial charge in [-0.05, 0) is 60.9 Å². The molecule has 8 nitrogen and oxygen atoms in total. The second kappa shape index (κ2) is 13.0. The molecule has 37 heavy (non-hydrogen) atoms. The number of amides is 1. The van der Waals surface area contributed by atoms with Crippen LogP contribution in [0.4, 0.5) is 5.69 Å². The van der Waals surface area contributed by atoms with E-state index in [1.165, 1.54) is 16.3 Å². The van der Waals surface area contributed by atoms with Gasteiger partial charge in [-0.25, -0.2) is 4.21 Å². The van der Waals surface area contributed by atoms with Crippen LogP contribution in [-0.4, -0.2) is 52.8 Å². The Morgan fingerprint density at radius 3 is 1.92 bits per heavy atom. The Kier molecular flexibility index (Phi) is 9.82. The van der Waals surface area contributed by atoms with Crippen molar-refractivity contribution in [3.05, 3.63) is 89.5 Å². The fraction of sp³-hybridized carbons (Fsp3) is 0.286. The van der Waals surface area contributed by atoms with E-state index in [0.717, 1.165) is 16.7 Å². The first kappa shape index (κ1) is 27.9. The summed E-state index contributed by atoms with van der Waals surface area (Å²) in [6.07, 6.45) is 1.14. The quantitative estimate of drug-likeness (QED) is 0.292. The van der Waals surface area contributed by atoms with Gasteiger partial charge in [0.2, 0.25) is 5.91 Å². The van der Waals surface area contributed by atoms with Gasteiger partial charge < -0.3 is 14.4 Å². The molecule has 0 aromatic heterocycles. The maximum atomic E-state index is 13.1. The van der Waals surface area contributed by atoms with Crippen molar-refractivity contribution < 1.29 is 27.8 Å². The highest BCUT2D eigenvalue weighted by Gasteiger charge is 2.31. The molecular formula is C28H32N2O6S. The standard InChI is InChI=1S/C28H32N2O6S/c1-20-5-12-23(13-6-20)30(37(33)34)26(28(32)29(2)3)19-22-9-16-25(17-10-22)36-24-14-7-21(8-15-24)11-18-27(31)35-4/h5-10,12-17,26H,11,18-19H2,1-4H3,(H,33,34). The van der Waals surface area contributed by atoms with Gasteiger partial charge in [0.05, 0.1) is 12.8 Å². The van der Waals surface area contributed by atoms with E-state index >= 15 is 0 Å². The second-order valence-electron chi connectivity index (χ2n) is 8.81. The van der Waals surface area contributed by atoms with E-state index in [1.807, 2.05) is 55.5 Å². The van der Waals surface area contributed by atoms with Crippen LogP contribution >= 0.6 is 0 Å². The molecule has 2 atom stereocenters. The Bertz CT molecular complexity index is 1210. The number of ether oxygens (including phenoxy) is 2. The topological polar surface area (TPSA) is 96.4 Å². The Balaban J connectivity index is 1.73. The van der Waals surface area contributed by atoms with Gasteiger partial charge in [-0.1, -0.05) is 42.0 Å². The summed E-state index contributed by atoms with van der Waals surface area (Å²) in [7, 11) is 4.62. The van der Waals surface area contributed by atoms with Crippen molar-refractivity contribution in [2.45, 2.75) is 32.2 Å². The molecule has 1 N–H and O–H groups in total. The van der Waals surface area contributed by atoms with Crippen molar-refractivity contribution in [1.82, 2.24) is 4.90 Å². The monoisotopic (exact) mass is 524 g/mol. The molecule has 0 radical (unpaired) electrons. The third-order valence-corrected chi connectivity index (χ3v) is 6.62. The van der Waals surface area contributed by atoms with Gasteiger partial charge in [-0.2, -0.15) is 0 Å². The number of hydrogen-bond donors (Lipinski definition) is 1. The lowest BCUT2D eigenvalue weighted by Gasteiger charge is -2.31. The molecule has 3 rings (SSSR count). The third kappa shape index (κ3) is 7.90. The number of methoxy groups -OCH3 is 1. The van der Waals surface area contributed by atoms with E-state index in [-0.39, 0.29) is 18.3 Å². The molecule has 9 heteroatoms. The normalized spacial score (nSPS) is 12.4. The predicted molar refractivity (Wildman–Crippen MR) is 144 cm³/mol. The van der Waals surface area contributed by atoms with Crippen LogP contribution in [0.15, 0.2) is 72.8 Å². The zero-order valence-corrected chi connectivity index (χ0v) is 22.2. The van der Waals surface area contributed by atoms with Gasteiger partial charge >= 0.3 is 5.97 Å². The molecule has 0 spiro atoms. The minimum absolute atomic E-state index is 0.229. The summed E-state index contributed by atoms with van der Waals surface area (Å²) in [5, 5.41) is 0. The minimum Gasteiger partial charge on any atom is -0.469 e. The second-order valence-corrected chi connectivity index (χ2v) is 9.67. The Morgan fingerprint density at radius 2 is 1.43 bits per heavy atom. The number of esters is 1. The van der Waals surface area contributed by atoms with Crippen LogP contribution in [0.25, 0.3) is 0 Å². The average molecular weight is 525 g/mol. The van der Waals surface area contributed by atoms with Crippen molar-refractivity contribution in [2.75, 3.05) is 25.5 Å². The van der Waals surface area contributed by atoms with Gasteiger partial charge in [-0.15, -0.1) is 0 Å². The Hall–Kier alpha value is -3.69. The number of aryl methyl sites for hydroxylation is 2. The zero-order chi connectivity index (χ0) is 26.9. The Morgan fingerprint density at radius 1 is 0.892 bits per heavy atom. The largest absolute Gasteiger partial charge is 0.469 e. The van der Waals surface area contributed by atoms with Crippen LogP contribution in [0, 0.1) is 6.92 Å². The van der Waals surface area contributed by atoms with E-state index in [1.54, 1.807) is 38.4 Å². The lowest BCUT2D eigenvalue weighted by Crippen LogP contribution is -2.48. The molecule has 3 aromatic rings. The lowest BCUT2D eigenvalue weighted by atomic mass is 10.0. The van der Waals surface area contributed by atoms with E-state index in [4.69, 9.17) is 4.74 Å². The van der Waals surface area contributed by atoms with E-state index in [2.05, 4.69) is 4.74 Å². The van der Waals surface area contributed by atoms with Crippen molar-refractivity contribution in [1.29, 1.82) is 0 Å². The van der Waals surface area contributed by atoms with Crippen molar-refractivity contribution in [3.8, 4) is 11.5 Å². The van der Waals surface area contributed by atoms with E-state index in [0.29, 0.717) is 30.0 Å². The van der Waals surface area contributed by atoms with Gasteiger partial charge in [0, 0.05) is 26.9 Å². The van der Waals surface area contributed by atoms with Crippen molar-refractivity contribution >= 4 is 28.8 Å². The molecule has 3 aromatic carbocycles. The molecule has 0 bridgehead atoms. The summed E-state index contributed by atoms with van der Waals surface area (Å²) < 4.78 is 34.3. The summed E-state index contributed by atoms with van der Waals surface area (Å²) in [5.74, 6) is 0.733. The maximum absolute atomic E-state index is 13.1. The molecule has 0 aliphatic heterocycles. The smallest absolute Gasteiger partial charge is 0.305 e. The zero-order valence-electron chi connectivity index (χ0n) is 21.4. The van der Waals surface area contributed by atoms with Crippen molar-refractivity contribution in [2.24, 2.45) is 0 Å². The van der Waals surface area contributed by atoms with Gasteiger partial charge in [-0.3, -0.25) is 18.4 Å². The summed E-state index contributed by atoms with van der Waals surface area (Å²) in [4.78, 5) is 25.8. The first-order valence-corrected chi connectivity index (χ1v) is 12.8. The first-order chi connectivity index (χ1) is 17.7. The highest BCUT2D eigenvalue weighted by molar-refractivity contribution is 7.80. The number of carbonyl (C=O) groups excluding carboxylic acids is 2. The highest BCUT2D eigenvalue weighted by atomic mass is 32.2. The van der Waals surface area contributed by atoms with E-state index < -0.39 is 17.3 Å². The Labute approximate surface area is 220 Å². The summed E-state index contributed by atoms with van der Waals surface area (Å²) in [5.41, 5.74) is 3.31. The van der Waals surface area contributed by atoms with Crippen LogP contribution in [0.3, 0.4) is 0 Å². The molecule has 0 saturated carbocycles. The molecule has 1 amide bonds. The summed E-state index contributed by atoms with van der Waals surface area (Å²) in [6, 6.07) is 21.0. The molecule has 2 unspecified atom stereocenters. The van der Waals surface area contributed by atoms with Gasteiger partial charge in [0.15, 0.2) is 0 Å². The fourth-order valence-electron chi connectivity index (χ4n) is 3.76. The molecular weight excluding hydrogens is 492 g/mol. The van der Waals surface area contributed by atoms with Crippen LogP contribution in [0.2, 0.25) is 0 Å². The van der Waals surface area contributed by atoms with Crippen LogP contribution in [0.5, 0.6) is 11.5 Å². The summed E-state index contributed by atoms with van der Waals surface area (Å²) >= 11 is -2.40. The number of rotatable bonds is 11. The molecule has 0 heterocycles. The average Bonchev–Trinajstić information content (AvgIpc) is 2.89. The lowest BCUT2D eigenvalue weighted by molar-refractivity contribution is -0.140.